The minimum absolute atomic E-state index is 0.382. The molecule has 6 heteroatoms. The highest BCUT2D eigenvalue weighted by Crippen LogP contribution is 2.13. The van der Waals surface area contributed by atoms with E-state index >= 15 is 0 Å². The van der Waals surface area contributed by atoms with Gasteiger partial charge >= 0.3 is 0 Å². The van der Waals surface area contributed by atoms with E-state index in [9.17, 15) is 0 Å². The van der Waals surface area contributed by atoms with E-state index in [1.807, 2.05) is 19.2 Å². The van der Waals surface area contributed by atoms with Gasteiger partial charge in [-0.3, -0.25) is 10.3 Å². The highest BCUT2D eigenvalue weighted by atomic mass is 15.4. The number of hydrogen-bond acceptors (Lipinski definition) is 4. The number of rotatable bonds is 12. The first kappa shape index (κ1) is 24.0. The van der Waals surface area contributed by atoms with Gasteiger partial charge < -0.3 is 16.0 Å². The lowest BCUT2D eigenvalue weighted by atomic mass is 10.1. The Morgan fingerprint density at radius 1 is 0.967 bits per heavy atom. The average molecular weight is 415 g/mol. The molecule has 168 valence electrons. The van der Waals surface area contributed by atoms with Crippen molar-refractivity contribution >= 4 is 17.6 Å². The number of unbranched alkanes of at least 4 members (excludes halogenated alkanes) is 8. The topological polar surface area (TPSA) is 78.0 Å². The van der Waals surface area contributed by atoms with Crippen LogP contribution in [0.3, 0.4) is 0 Å². The van der Waals surface area contributed by atoms with Crippen LogP contribution in [0.15, 0.2) is 34.3 Å². The summed E-state index contributed by atoms with van der Waals surface area (Å²) < 4.78 is 0. The van der Waals surface area contributed by atoms with Crippen LogP contribution in [-0.2, 0) is 6.54 Å². The molecular weight excluding hydrogens is 372 g/mol. The van der Waals surface area contributed by atoms with E-state index in [0.29, 0.717) is 0 Å². The van der Waals surface area contributed by atoms with Crippen LogP contribution in [-0.4, -0.2) is 36.1 Å². The first-order valence-electron chi connectivity index (χ1n) is 11.6. The van der Waals surface area contributed by atoms with E-state index in [-0.39, 0.29) is 5.66 Å². The average Bonchev–Trinajstić information content (AvgIpc) is 2.70. The minimum atomic E-state index is -0.382. The van der Waals surface area contributed by atoms with Crippen molar-refractivity contribution in [3.8, 4) is 0 Å². The van der Waals surface area contributed by atoms with Crippen molar-refractivity contribution in [2.24, 2.45) is 9.98 Å². The van der Waals surface area contributed by atoms with Crippen molar-refractivity contribution in [3.05, 3.63) is 29.8 Å². The highest BCUT2D eigenvalue weighted by Gasteiger charge is 2.26. The van der Waals surface area contributed by atoms with Crippen molar-refractivity contribution in [1.82, 2.24) is 15.5 Å². The number of guanidine groups is 2. The van der Waals surface area contributed by atoms with Gasteiger partial charge in [0.25, 0.3) is 0 Å². The molecule has 0 aromatic heterocycles. The van der Waals surface area contributed by atoms with E-state index in [1.54, 1.807) is 0 Å². The summed E-state index contributed by atoms with van der Waals surface area (Å²) in [6, 6.07) is 7.97. The second-order valence-electron chi connectivity index (χ2n) is 8.90. The standard InChI is InChI=1S/C24H42N6/c1-5-6-7-8-9-10-11-12-13-18-26-22-27-23(29-24(2,3)28-22)30(4)19-20-14-16-21(25)17-15-20/h14-17H,5-13,18-19,25H2,1-4H3,(H2,26,27,28,29). The van der Waals surface area contributed by atoms with Gasteiger partial charge in [-0.15, -0.1) is 0 Å². The fraction of sp³-hybridized carbons (Fsp3) is 0.667. The van der Waals surface area contributed by atoms with Crippen LogP contribution in [0, 0.1) is 0 Å². The number of hydrogen-bond donors (Lipinski definition) is 3. The zero-order valence-corrected chi connectivity index (χ0v) is 19.5. The first-order valence-corrected chi connectivity index (χ1v) is 11.6. The fourth-order valence-corrected chi connectivity index (χ4v) is 3.59. The zero-order valence-electron chi connectivity index (χ0n) is 19.5. The predicted molar refractivity (Wildman–Crippen MR) is 130 cm³/mol. The molecule has 4 N–H and O–H groups in total. The van der Waals surface area contributed by atoms with Crippen molar-refractivity contribution in [2.45, 2.75) is 90.8 Å². The molecule has 1 aromatic carbocycles. The molecule has 2 rings (SSSR count). The Bertz CT molecular complexity index is 677. The number of nitrogens with zero attached hydrogens (tertiary/aromatic N) is 3. The van der Waals surface area contributed by atoms with E-state index in [1.165, 1.54) is 56.9 Å². The van der Waals surface area contributed by atoms with Crippen molar-refractivity contribution in [3.63, 3.8) is 0 Å². The lowest BCUT2D eigenvalue weighted by Gasteiger charge is -2.34. The third-order valence-electron chi connectivity index (χ3n) is 5.33. The third kappa shape index (κ3) is 9.06. The number of nitrogens with two attached hydrogens (primary N) is 1. The van der Waals surface area contributed by atoms with Gasteiger partial charge in [-0.25, -0.2) is 4.99 Å². The Balaban J connectivity index is 1.75. The Morgan fingerprint density at radius 3 is 2.20 bits per heavy atom. The van der Waals surface area contributed by atoms with Gasteiger partial charge in [-0.05, 0) is 38.0 Å². The lowest BCUT2D eigenvalue weighted by molar-refractivity contribution is 0.420. The molecule has 0 aliphatic carbocycles. The Kier molecular flexibility index (Phi) is 9.98. The molecule has 1 aliphatic heterocycles. The van der Waals surface area contributed by atoms with Gasteiger partial charge in [0.1, 0.15) is 5.66 Å². The van der Waals surface area contributed by atoms with Crippen LogP contribution >= 0.6 is 0 Å². The maximum absolute atomic E-state index is 5.79. The quantitative estimate of drug-likeness (QED) is 0.337. The summed E-state index contributed by atoms with van der Waals surface area (Å²) in [7, 11) is 2.04. The summed E-state index contributed by atoms with van der Waals surface area (Å²) >= 11 is 0. The summed E-state index contributed by atoms with van der Waals surface area (Å²) in [5, 5.41) is 6.75. The molecule has 0 bridgehead atoms. The van der Waals surface area contributed by atoms with Gasteiger partial charge in [0, 0.05) is 25.8 Å². The molecule has 0 amide bonds. The summed E-state index contributed by atoms with van der Waals surface area (Å²) in [4.78, 5) is 11.7. The molecule has 0 atom stereocenters. The van der Waals surface area contributed by atoms with Gasteiger partial charge in [-0.1, -0.05) is 70.4 Å². The molecule has 0 radical (unpaired) electrons. The van der Waals surface area contributed by atoms with Crippen LogP contribution in [0.1, 0.15) is 84.1 Å². The normalized spacial score (nSPS) is 16.7. The van der Waals surface area contributed by atoms with Crippen molar-refractivity contribution in [2.75, 3.05) is 19.3 Å². The number of aliphatic imine (C=N–C) groups is 2. The number of benzene rings is 1. The van der Waals surface area contributed by atoms with Gasteiger partial charge in [-0.2, -0.15) is 0 Å². The van der Waals surface area contributed by atoms with Crippen LogP contribution in [0.5, 0.6) is 0 Å². The zero-order chi connectivity index (χ0) is 21.8. The molecule has 1 aliphatic rings. The van der Waals surface area contributed by atoms with Gasteiger partial charge in [0.15, 0.2) is 5.96 Å². The van der Waals surface area contributed by atoms with E-state index in [2.05, 4.69) is 48.4 Å². The monoisotopic (exact) mass is 414 g/mol. The summed E-state index contributed by atoms with van der Waals surface area (Å²) in [6.07, 6.45) is 11.9. The molecule has 0 unspecified atom stereocenters. The fourth-order valence-electron chi connectivity index (χ4n) is 3.59. The van der Waals surface area contributed by atoms with Crippen LogP contribution in [0.4, 0.5) is 5.69 Å². The molecule has 30 heavy (non-hydrogen) atoms. The molecule has 1 heterocycles. The molecule has 0 fully saturated rings. The van der Waals surface area contributed by atoms with E-state index in [0.717, 1.165) is 37.1 Å². The van der Waals surface area contributed by atoms with Crippen LogP contribution in [0.2, 0.25) is 0 Å². The largest absolute Gasteiger partial charge is 0.399 e. The molecular formula is C24H42N6. The molecule has 0 spiro atoms. The summed E-state index contributed by atoms with van der Waals surface area (Å²) in [5.41, 5.74) is 7.39. The molecule has 1 aromatic rings. The molecule has 0 saturated carbocycles. The van der Waals surface area contributed by atoms with E-state index in [4.69, 9.17) is 15.7 Å². The predicted octanol–water partition coefficient (Wildman–Crippen LogP) is 4.87. The van der Waals surface area contributed by atoms with Crippen molar-refractivity contribution < 1.29 is 0 Å². The van der Waals surface area contributed by atoms with Gasteiger partial charge in [0.2, 0.25) is 5.96 Å². The Morgan fingerprint density at radius 2 is 1.57 bits per heavy atom. The third-order valence-corrected chi connectivity index (χ3v) is 5.33. The van der Waals surface area contributed by atoms with Crippen LogP contribution in [0.25, 0.3) is 0 Å². The van der Waals surface area contributed by atoms with Gasteiger partial charge in [0.05, 0.1) is 0 Å². The van der Waals surface area contributed by atoms with Crippen LogP contribution < -0.4 is 16.4 Å². The summed E-state index contributed by atoms with van der Waals surface area (Å²) in [5.74, 6) is 1.65. The summed E-state index contributed by atoms with van der Waals surface area (Å²) in [6.45, 7) is 8.01. The number of nitrogen functional groups attached to an aromatic ring is 1. The first-order chi connectivity index (χ1) is 14.4. The van der Waals surface area contributed by atoms with Crippen molar-refractivity contribution in [1.29, 1.82) is 0 Å². The molecule has 0 saturated heterocycles. The number of anilines is 1. The maximum atomic E-state index is 5.79. The molecule has 6 nitrogen and oxygen atoms in total. The maximum Gasteiger partial charge on any atom is 0.203 e. The number of nitrogens with one attached hydrogen (secondary N) is 2. The Labute approximate surface area is 183 Å². The minimum Gasteiger partial charge on any atom is -0.399 e. The highest BCUT2D eigenvalue weighted by molar-refractivity contribution is 6.00. The Hall–Kier alpha value is -2.24. The second kappa shape index (κ2) is 12.5. The van der Waals surface area contributed by atoms with E-state index < -0.39 is 0 Å². The lowest BCUT2D eigenvalue weighted by Crippen LogP contribution is -2.59. The second-order valence-corrected chi connectivity index (χ2v) is 8.90. The SMILES string of the molecule is CCCCCCCCCCCN=C1NC(N(C)Cc2ccc(N)cc2)=NC(C)(C)N1. The smallest absolute Gasteiger partial charge is 0.203 e.